The van der Waals surface area contributed by atoms with Crippen LogP contribution in [0, 0.1) is 6.92 Å². The van der Waals surface area contributed by atoms with Gasteiger partial charge in [-0.15, -0.1) is 5.10 Å². The first-order valence-corrected chi connectivity index (χ1v) is 6.44. The molecule has 0 bridgehead atoms. The Bertz CT molecular complexity index is 666. The first-order chi connectivity index (χ1) is 9.56. The maximum atomic E-state index is 12.1. The van der Waals surface area contributed by atoms with E-state index in [1.807, 2.05) is 6.92 Å². The predicted octanol–water partition coefficient (Wildman–Crippen LogP) is 2.20. The number of carbonyl (C=O) groups is 2. The lowest BCUT2D eigenvalue weighted by Gasteiger charge is -2.06. The summed E-state index contributed by atoms with van der Waals surface area (Å²) in [4.78, 5) is 22.6. The molecule has 2 aromatic rings. The van der Waals surface area contributed by atoms with Crippen LogP contribution in [0.4, 0.5) is 5.00 Å². The topological polar surface area (TPSA) is 92.2 Å². The molecule has 0 aliphatic rings. The van der Waals surface area contributed by atoms with Crippen LogP contribution < -0.4 is 5.32 Å². The third-order valence-corrected chi connectivity index (χ3v) is 3.10. The van der Waals surface area contributed by atoms with E-state index in [9.17, 15) is 9.59 Å². The number of amides is 1. The lowest BCUT2D eigenvalue weighted by atomic mass is 10.0. The van der Waals surface area contributed by atoms with Crippen molar-refractivity contribution < 1.29 is 14.7 Å². The Hall–Kier alpha value is -2.54. The number of anilines is 1. The lowest BCUT2D eigenvalue weighted by Crippen LogP contribution is -2.12. The van der Waals surface area contributed by atoms with Gasteiger partial charge in [0.1, 0.15) is 5.00 Å². The number of benzene rings is 1. The zero-order chi connectivity index (χ0) is 14.5. The Morgan fingerprint density at radius 2 is 2.20 bits per heavy atom. The van der Waals surface area contributed by atoms with Gasteiger partial charge in [0.25, 0.3) is 5.91 Å². The minimum atomic E-state index is -1.03. The number of rotatable bonds is 4. The summed E-state index contributed by atoms with van der Waals surface area (Å²) in [7, 11) is 0. The highest BCUT2D eigenvalue weighted by Gasteiger charge is 2.10. The Morgan fingerprint density at radius 3 is 2.85 bits per heavy atom. The fourth-order valence-electron chi connectivity index (χ4n) is 1.56. The van der Waals surface area contributed by atoms with Crippen LogP contribution in [0.15, 0.2) is 30.5 Å². The maximum Gasteiger partial charge on any atom is 0.328 e. The smallest absolute Gasteiger partial charge is 0.328 e. The molecule has 20 heavy (non-hydrogen) atoms. The van der Waals surface area contributed by atoms with Crippen molar-refractivity contribution in [3.8, 4) is 0 Å². The van der Waals surface area contributed by atoms with Crippen molar-refractivity contribution in [1.82, 2.24) is 9.59 Å². The summed E-state index contributed by atoms with van der Waals surface area (Å²) in [5.41, 5.74) is 1.92. The highest BCUT2D eigenvalue weighted by molar-refractivity contribution is 7.10. The molecule has 2 N–H and O–H groups in total. The molecular weight excluding hydrogens is 278 g/mol. The number of nitrogens with zero attached hydrogens (tertiary/aromatic N) is 2. The lowest BCUT2D eigenvalue weighted by molar-refractivity contribution is -0.131. The van der Waals surface area contributed by atoms with Crippen LogP contribution in [0.2, 0.25) is 0 Å². The first-order valence-electron chi connectivity index (χ1n) is 5.66. The van der Waals surface area contributed by atoms with Crippen molar-refractivity contribution in [3.05, 3.63) is 47.2 Å². The van der Waals surface area contributed by atoms with Gasteiger partial charge in [0.15, 0.2) is 0 Å². The molecule has 0 atom stereocenters. The van der Waals surface area contributed by atoms with Gasteiger partial charge in [-0.3, -0.25) is 4.79 Å². The van der Waals surface area contributed by atoms with Gasteiger partial charge in [-0.1, -0.05) is 16.6 Å². The molecule has 0 spiro atoms. The molecular formula is C13H11N3O3S. The molecule has 0 saturated heterocycles. The van der Waals surface area contributed by atoms with Crippen LogP contribution in [0.1, 0.15) is 21.5 Å². The number of aromatic nitrogens is 2. The first kappa shape index (κ1) is 13.9. The van der Waals surface area contributed by atoms with E-state index in [2.05, 4.69) is 14.9 Å². The molecule has 0 aliphatic heterocycles. The number of hydrogen-bond acceptors (Lipinski definition) is 5. The number of nitrogens with one attached hydrogen (secondary N) is 1. The molecule has 1 heterocycles. The normalized spacial score (nSPS) is 10.7. The van der Waals surface area contributed by atoms with E-state index in [4.69, 9.17) is 5.11 Å². The molecule has 0 aliphatic carbocycles. The number of carboxylic acid groups (broad SMARTS) is 1. The average Bonchev–Trinajstić information content (AvgIpc) is 2.90. The number of carbonyl (C=O) groups excluding carboxylic acids is 1. The van der Waals surface area contributed by atoms with Crippen LogP contribution in [-0.2, 0) is 4.79 Å². The van der Waals surface area contributed by atoms with E-state index in [0.29, 0.717) is 16.1 Å². The molecule has 102 valence electrons. The summed E-state index contributed by atoms with van der Waals surface area (Å²) in [6.07, 6.45) is 3.93. The Labute approximate surface area is 118 Å². The van der Waals surface area contributed by atoms with E-state index >= 15 is 0 Å². The summed E-state index contributed by atoms with van der Waals surface area (Å²) in [6.45, 7) is 1.81. The van der Waals surface area contributed by atoms with Crippen LogP contribution in [0.25, 0.3) is 6.08 Å². The molecule has 6 nitrogen and oxygen atoms in total. The van der Waals surface area contributed by atoms with Gasteiger partial charge < -0.3 is 10.4 Å². The third-order valence-electron chi connectivity index (χ3n) is 2.52. The summed E-state index contributed by atoms with van der Waals surface area (Å²) in [5.74, 6) is -1.31. The van der Waals surface area contributed by atoms with E-state index in [1.165, 1.54) is 12.3 Å². The minimum absolute atomic E-state index is 0.279. The zero-order valence-corrected chi connectivity index (χ0v) is 11.3. The molecule has 1 amide bonds. The summed E-state index contributed by atoms with van der Waals surface area (Å²) in [5, 5.41) is 15.5. The second kappa shape index (κ2) is 6.07. The molecule has 0 radical (unpaired) electrons. The monoisotopic (exact) mass is 289 g/mol. The molecule has 0 unspecified atom stereocenters. The van der Waals surface area contributed by atoms with Gasteiger partial charge in [-0.2, -0.15) is 0 Å². The largest absolute Gasteiger partial charge is 0.478 e. The van der Waals surface area contributed by atoms with E-state index in [1.54, 1.807) is 18.2 Å². The zero-order valence-electron chi connectivity index (χ0n) is 10.5. The number of aryl methyl sites for hydroxylation is 1. The van der Waals surface area contributed by atoms with Gasteiger partial charge >= 0.3 is 5.97 Å². The second-order valence-corrected chi connectivity index (χ2v) is 4.77. The Morgan fingerprint density at radius 1 is 1.40 bits per heavy atom. The predicted molar refractivity (Wildman–Crippen MR) is 75.7 cm³/mol. The summed E-state index contributed by atoms with van der Waals surface area (Å²) in [6, 6.07) is 5.15. The Kier molecular flexibility index (Phi) is 4.21. The standard InChI is InChI=1S/C13H11N3O3S/c1-8-2-3-9(4-5-12(17)18)6-10(8)13(19)15-11-7-14-16-20-11/h2-7H,1H3,(H,15,19)(H,17,18)/b5-4+. The maximum absolute atomic E-state index is 12.1. The highest BCUT2D eigenvalue weighted by atomic mass is 32.1. The molecule has 7 heteroatoms. The van der Waals surface area contributed by atoms with Gasteiger partial charge in [-0.25, -0.2) is 4.79 Å². The van der Waals surface area contributed by atoms with E-state index < -0.39 is 5.97 Å². The van der Waals surface area contributed by atoms with Gasteiger partial charge in [0.05, 0.1) is 6.20 Å². The molecule has 0 saturated carbocycles. The number of hydrogen-bond donors (Lipinski definition) is 2. The quantitative estimate of drug-likeness (QED) is 0.842. The van der Waals surface area contributed by atoms with Gasteiger partial charge in [-0.05, 0) is 30.2 Å². The van der Waals surface area contributed by atoms with Crippen molar-refractivity contribution in [2.75, 3.05) is 5.32 Å². The minimum Gasteiger partial charge on any atom is -0.478 e. The van der Waals surface area contributed by atoms with Crippen LogP contribution in [-0.4, -0.2) is 26.6 Å². The molecule has 2 rings (SSSR count). The van der Waals surface area contributed by atoms with Crippen LogP contribution in [0.3, 0.4) is 0 Å². The van der Waals surface area contributed by atoms with Crippen molar-refractivity contribution in [2.45, 2.75) is 6.92 Å². The van der Waals surface area contributed by atoms with Gasteiger partial charge in [0.2, 0.25) is 0 Å². The summed E-state index contributed by atoms with van der Waals surface area (Å²) < 4.78 is 3.66. The average molecular weight is 289 g/mol. The second-order valence-electron chi connectivity index (χ2n) is 3.98. The summed E-state index contributed by atoms with van der Waals surface area (Å²) >= 11 is 1.09. The van der Waals surface area contributed by atoms with E-state index in [-0.39, 0.29) is 5.91 Å². The van der Waals surface area contributed by atoms with E-state index in [0.717, 1.165) is 23.2 Å². The fraction of sp³-hybridized carbons (Fsp3) is 0.0769. The number of carboxylic acids is 1. The van der Waals surface area contributed by atoms with Crippen molar-refractivity contribution in [2.24, 2.45) is 0 Å². The highest BCUT2D eigenvalue weighted by Crippen LogP contribution is 2.16. The molecule has 1 aromatic carbocycles. The third kappa shape index (κ3) is 3.48. The number of aliphatic carboxylic acids is 1. The molecule has 1 aromatic heterocycles. The van der Waals surface area contributed by atoms with Gasteiger partial charge in [0, 0.05) is 23.2 Å². The van der Waals surface area contributed by atoms with Crippen molar-refractivity contribution in [3.63, 3.8) is 0 Å². The van der Waals surface area contributed by atoms with Crippen LogP contribution in [0.5, 0.6) is 0 Å². The van der Waals surface area contributed by atoms with Crippen molar-refractivity contribution >= 4 is 34.5 Å². The fourth-order valence-corrected chi connectivity index (χ4v) is 1.97. The van der Waals surface area contributed by atoms with Crippen LogP contribution >= 0.6 is 11.5 Å². The SMILES string of the molecule is Cc1ccc(/C=C/C(=O)O)cc1C(=O)Nc1cnns1. The Balaban J connectivity index is 2.24. The van der Waals surface area contributed by atoms with Crippen molar-refractivity contribution in [1.29, 1.82) is 0 Å². The molecule has 0 fully saturated rings.